The summed E-state index contributed by atoms with van der Waals surface area (Å²) in [6.45, 7) is 6.25. The maximum atomic E-state index is 10.9. The molecular weight excluding hydrogens is 172 g/mol. The maximum absolute atomic E-state index is 10.9. The molecule has 76 valence electrons. The maximum Gasteiger partial charge on any atom is 0.412 e. The number of nitrogens with zero attached hydrogens (tertiary/aromatic N) is 1. The predicted octanol–water partition coefficient (Wildman–Crippen LogP) is 1.49. The van der Waals surface area contributed by atoms with E-state index in [1.807, 2.05) is 13.8 Å². The molecule has 0 bridgehead atoms. The molecule has 0 aliphatic heterocycles. The van der Waals surface area contributed by atoms with Gasteiger partial charge in [0.25, 0.3) is 0 Å². The summed E-state index contributed by atoms with van der Waals surface area (Å²) in [6.07, 6.45) is 0.0986. The molecule has 0 aliphatic rings. The Hall–Kier alpha value is -1.26. The van der Waals surface area contributed by atoms with Gasteiger partial charge in [-0.1, -0.05) is 12.1 Å². The number of hydrogen-bond acceptors (Lipinski definition) is 4. The zero-order valence-corrected chi connectivity index (χ0v) is 8.29. The number of ether oxygens (including phenoxy) is 1. The topological polar surface area (TPSA) is 59.9 Å². The number of oxime groups is 1. The molecule has 0 rings (SSSR count). The molecule has 5 heteroatoms. The first kappa shape index (κ1) is 11.7. The van der Waals surface area contributed by atoms with E-state index in [0.717, 1.165) is 0 Å². The first-order valence-corrected chi connectivity index (χ1v) is 4.37. The molecule has 1 N–H and O–H groups in total. The first-order valence-electron chi connectivity index (χ1n) is 4.37. The second kappa shape index (κ2) is 7.39. The molecule has 13 heavy (non-hydrogen) atoms. The Kier molecular flexibility index (Phi) is 6.68. The lowest BCUT2D eigenvalue weighted by Crippen LogP contribution is -2.30. The molecule has 0 aromatic heterocycles. The molecule has 0 radical (unpaired) electrons. The SMILES string of the molecule is CCO/N=C(\CC)NC(=O)OCC. The molecule has 1 amide bonds. The van der Waals surface area contributed by atoms with Crippen molar-refractivity contribution in [2.45, 2.75) is 27.2 Å². The summed E-state index contributed by atoms with van der Waals surface area (Å²) >= 11 is 0. The molecule has 0 spiro atoms. The highest BCUT2D eigenvalue weighted by atomic mass is 16.6. The van der Waals surface area contributed by atoms with Crippen LogP contribution in [-0.2, 0) is 9.57 Å². The predicted molar refractivity (Wildman–Crippen MR) is 49.5 cm³/mol. The van der Waals surface area contributed by atoms with Crippen molar-refractivity contribution < 1.29 is 14.4 Å². The van der Waals surface area contributed by atoms with E-state index in [-0.39, 0.29) is 0 Å². The van der Waals surface area contributed by atoms with Gasteiger partial charge < -0.3 is 9.57 Å². The number of hydrogen-bond donors (Lipinski definition) is 1. The second-order valence-electron chi connectivity index (χ2n) is 2.15. The van der Waals surface area contributed by atoms with Crippen molar-refractivity contribution >= 4 is 11.9 Å². The van der Waals surface area contributed by atoms with Crippen molar-refractivity contribution in [3.05, 3.63) is 0 Å². The number of carbonyl (C=O) groups is 1. The third-order valence-corrected chi connectivity index (χ3v) is 1.16. The Morgan fingerprint density at radius 2 is 2.00 bits per heavy atom. The van der Waals surface area contributed by atoms with Crippen LogP contribution in [0.5, 0.6) is 0 Å². The molecule has 5 nitrogen and oxygen atoms in total. The molecular formula is C8H16N2O3. The minimum atomic E-state index is -0.497. The molecule has 0 saturated carbocycles. The van der Waals surface area contributed by atoms with E-state index in [9.17, 15) is 4.79 Å². The van der Waals surface area contributed by atoms with Crippen molar-refractivity contribution in [3.63, 3.8) is 0 Å². The van der Waals surface area contributed by atoms with Gasteiger partial charge in [-0.25, -0.2) is 4.79 Å². The smallest absolute Gasteiger partial charge is 0.412 e. The minimum absolute atomic E-state index is 0.345. The number of amidine groups is 1. The average Bonchev–Trinajstić information content (AvgIpc) is 2.12. The summed E-state index contributed by atoms with van der Waals surface area (Å²) in [4.78, 5) is 15.7. The standard InChI is InChI=1S/C8H16N2O3/c1-4-7(10-13-6-3)9-8(11)12-5-2/h4-6H2,1-3H3,(H,9,10,11). The van der Waals surface area contributed by atoms with Gasteiger partial charge >= 0.3 is 6.09 Å². The second-order valence-corrected chi connectivity index (χ2v) is 2.15. The van der Waals surface area contributed by atoms with Crippen LogP contribution in [0.3, 0.4) is 0 Å². The summed E-state index contributed by atoms with van der Waals surface area (Å²) in [6, 6.07) is 0. The van der Waals surface area contributed by atoms with E-state index < -0.39 is 6.09 Å². The fraction of sp³-hybridized carbons (Fsp3) is 0.750. The van der Waals surface area contributed by atoms with E-state index in [1.165, 1.54) is 0 Å². The summed E-state index contributed by atoms with van der Waals surface area (Å²) in [5, 5.41) is 6.15. The molecule has 0 aromatic carbocycles. The molecule has 0 aliphatic carbocycles. The Labute approximate surface area is 78.1 Å². The van der Waals surface area contributed by atoms with Gasteiger partial charge in [0.1, 0.15) is 6.61 Å². The van der Waals surface area contributed by atoms with Crippen molar-refractivity contribution in [2.75, 3.05) is 13.2 Å². The van der Waals surface area contributed by atoms with Gasteiger partial charge in [0.05, 0.1) is 6.61 Å². The van der Waals surface area contributed by atoms with Gasteiger partial charge in [-0.3, -0.25) is 5.32 Å². The van der Waals surface area contributed by atoms with Crippen molar-refractivity contribution in [2.24, 2.45) is 5.16 Å². The number of amides is 1. The van der Waals surface area contributed by atoms with Crippen molar-refractivity contribution in [1.29, 1.82) is 0 Å². The lowest BCUT2D eigenvalue weighted by Gasteiger charge is -2.05. The Bertz CT molecular complexity index is 180. The lowest BCUT2D eigenvalue weighted by atomic mass is 10.4. The Morgan fingerprint density at radius 3 is 2.46 bits per heavy atom. The molecule has 0 saturated heterocycles. The minimum Gasteiger partial charge on any atom is -0.450 e. The van der Waals surface area contributed by atoms with Crippen LogP contribution in [0.4, 0.5) is 4.79 Å². The first-order chi connectivity index (χ1) is 6.24. The van der Waals surface area contributed by atoms with E-state index in [4.69, 9.17) is 4.84 Å². The van der Waals surface area contributed by atoms with Crippen LogP contribution in [0.2, 0.25) is 0 Å². The average molecular weight is 188 g/mol. The highest BCUT2D eigenvalue weighted by Gasteiger charge is 2.04. The zero-order valence-electron chi connectivity index (χ0n) is 8.29. The van der Waals surface area contributed by atoms with Crippen molar-refractivity contribution in [1.82, 2.24) is 5.32 Å². The highest BCUT2D eigenvalue weighted by Crippen LogP contribution is 1.86. The molecule has 0 atom stereocenters. The van der Waals surface area contributed by atoms with Crippen LogP contribution >= 0.6 is 0 Å². The van der Waals surface area contributed by atoms with E-state index in [1.54, 1.807) is 6.92 Å². The number of carbonyl (C=O) groups excluding carboxylic acids is 1. The van der Waals surface area contributed by atoms with Gasteiger partial charge in [-0.05, 0) is 13.8 Å². The van der Waals surface area contributed by atoms with Crippen LogP contribution in [-0.4, -0.2) is 25.1 Å². The van der Waals surface area contributed by atoms with Gasteiger partial charge in [0.2, 0.25) is 0 Å². The van der Waals surface area contributed by atoms with Gasteiger partial charge in [0.15, 0.2) is 5.84 Å². The summed E-state index contributed by atoms with van der Waals surface area (Å²) in [7, 11) is 0. The van der Waals surface area contributed by atoms with Crippen LogP contribution in [0, 0.1) is 0 Å². The van der Waals surface area contributed by atoms with Crippen LogP contribution in [0.1, 0.15) is 27.2 Å². The van der Waals surface area contributed by atoms with Crippen LogP contribution in [0.25, 0.3) is 0 Å². The normalized spacial score (nSPS) is 10.8. The fourth-order valence-electron chi connectivity index (χ4n) is 0.603. The van der Waals surface area contributed by atoms with Gasteiger partial charge in [0, 0.05) is 6.42 Å². The Morgan fingerprint density at radius 1 is 1.31 bits per heavy atom. The lowest BCUT2D eigenvalue weighted by molar-refractivity contribution is 0.149. The van der Waals surface area contributed by atoms with E-state index in [0.29, 0.717) is 25.5 Å². The van der Waals surface area contributed by atoms with Gasteiger partial charge in [-0.15, -0.1) is 0 Å². The fourth-order valence-corrected chi connectivity index (χ4v) is 0.603. The van der Waals surface area contributed by atoms with E-state index in [2.05, 4.69) is 15.2 Å². The largest absolute Gasteiger partial charge is 0.450 e. The number of nitrogens with one attached hydrogen (secondary N) is 1. The van der Waals surface area contributed by atoms with Gasteiger partial charge in [-0.2, -0.15) is 0 Å². The third-order valence-electron chi connectivity index (χ3n) is 1.16. The zero-order chi connectivity index (χ0) is 10.1. The monoisotopic (exact) mass is 188 g/mol. The number of alkyl carbamates (subject to hydrolysis) is 1. The van der Waals surface area contributed by atoms with E-state index >= 15 is 0 Å². The number of rotatable bonds is 4. The summed E-state index contributed by atoms with van der Waals surface area (Å²) in [5.74, 6) is 0.473. The molecule has 0 unspecified atom stereocenters. The van der Waals surface area contributed by atoms with Crippen molar-refractivity contribution in [3.8, 4) is 0 Å². The third kappa shape index (κ3) is 5.95. The highest BCUT2D eigenvalue weighted by molar-refractivity contribution is 5.94. The van der Waals surface area contributed by atoms with Crippen LogP contribution in [0.15, 0.2) is 5.16 Å². The van der Waals surface area contributed by atoms with Crippen LogP contribution < -0.4 is 5.32 Å². The quantitative estimate of drug-likeness (QED) is 0.413. The summed E-state index contributed by atoms with van der Waals surface area (Å²) < 4.78 is 4.67. The molecule has 0 heterocycles. The Balaban J connectivity index is 3.89. The molecule has 0 fully saturated rings. The summed E-state index contributed by atoms with van der Waals surface area (Å²) in [5.41, 5.74) is 0. The molecule has 0 aromatic rings.